The maximum absolute atomic E-state index is 12.2. The van der Waals surface area contributed by atoms with Gasteiger partial charge >= 0.3 is 5.97 Å². The lowest BCUT2D eigenvalue weighted by atomic mass is 10.1. The van der Waals surface area contributed by atoms with Crippen molar-refractivity contribution in [3.8, 4) is 5.75 Å². The molecule has 0 fully saturated rings. The minimum Gasteiger partial charge on any atom is -0.423 e. The van der Waals surface area contributed by atoms with Crippen molar-refractivity contribution in [2.75, 3.05) is 0 Å². The lowest BCUT2D eigenvalue weighted by Gasteiger charge is -2.06. The molecule has 0 saturated heterocycles. The van der Waals surface area contributed by atoms with Crippen LogP contribution >= 0.6 is 0 Å². The summed E-state index contributed by atoms with van der Waals surface area (Å²) >= 11 is 0. The number of non-ortho nitro benzene ring substituents is 1. The fourth-order valence-electron chi connectivity index (χ4n) is 2.64. The molecule has 0 aliphatic heterocycles. The summed E-state index contributed by atoms with van der Waals surface area (Å²) in [5.41, 5.74) is 4.52. The molecule has 32 heavy (non-hydrogen) atoms. The van der Waals surface area contributed by atoms with E-state index in [9.17, 15) is 19.7 Å². The fraction of sp³-hybridized carbons (Fsp3) is 0.0417. The number of carbonyl (C=O) groups is 2. The van der Waals surface area contributed by atoms with Gasteiger partial charge in [0.1, 0.15) is 5.75 Å². The zero-order chi connectivity index (χ0) is 22.9. The monoisotopic (exact) mass is 429 g/mol. The van der Waals surface area contributed by atoms with E-state index in [-0.39, 0.29) is 17.0 Å². The van der Waals surface area contributed by atoms with E-state index in [1.807, 2.05) is 37.3 Å². The number of nitro benzene ring substituents is 1. The summed E-state index contributed by atoms with van der Waals surface area (Å²) in [6, 6.07) is 19.8. The number of aryl methyl sites for hydroxylation is 1. The number of carbonyl (C=O) groups excluding carboxylic acids is 2. The van der Waals surface area contributed by atoms with Gasteiger partial charge in [-0.3, -0.25) is 14.9 Å². The molecule has 0 spiro atoms. The molecule has 0 saturated carbocycles. The number of amides is 1. The minimum absolute atomic E-state index is 0.0617. The first-order chi connectivity index (χ1) is 15.4. The number of benzene rings is 3. The summed E-state index contributed by atoms with van der Waals surface area (Å²) in [5, 5.41) is 15.0. The molecule has 0 unspecified atom stereocenters. The summed E-state index contributed by atoms with van der Waals surface area (Å²) in [5.74, 6) is -1.05. The Hall–Kier alpha value is -4.59. The first-order valence-electron chi connectivity index (χ1n) is 9.56. The summed E-state index contributed by atoms with van der Waals surface area (Å²) < 4.78 is 5.31. The lowest BCUT2D eigenvalue weighted by Crippen LogP contribution is -2.17. The third-order valence-corrected chi connectivity index (χ3v) is 4.31. The summed E-state index contributed by atoms with van der Waals surface area (Å²) in [6.45, 7) is 1.90. The highest BCUT2D eigenvalue weighted by Gasteiger charge is 2.13. The van der Waals surface area contributed by atoms with Gasteiger partial charge in [0.2, 0.25) is 0 Å². The Kier molecular flexibility index (Phi) is 7.21. The average molecular weight is 429 g/mol. The van der Waals surface area contributed by atoms with Crippen LogP contribution in [-0.2, 0) is 4.79 Å². The van der Waals surface area contributed by atoms with Crippen LogP contribution in [0.1, 0.15) is 27.0 Å². The standard InChI is InChI=1S/C24H19N3O5/c1-17-7-10-19(11-8-17)24(29)26-25-16-20-15-21(27(30)31)12-13-22(20)32-23(28)14-9-18-5-3-2-4-6-18/h2-16H,1H3,(H,26,29)/b14-9+,25-16+. The highest BCUT2D eigenvalue weighted by Crippen LogP contribution is 2.23. The molecule has 3 rings (SSSR count). The maximum atomic E-state index is 12.2. The molecular weight excluding hydrogens is 410 g/mol. The van der Waals surface area contributed by atoms with Crippen LogP contribution in [0.5, 0.6) is 5.75 Å². The third-order valence-electron chi connectivity index (χ3n) is 4.31. The molecular formula is C24H19N3O5. The topological polar surface area (TPSA) is 111 Å². The summed E-state index contributed by atoms with van der Waals surface area (Å²) in [7, 11) is 0. The molecule has 3 aromatic carbocycles. The molecule has 8 nitrogen and oxygen atoms in total. The molecule has 160 valence electrons. The Morgan fingerprint density at radius 2 is 1.75 bits per heavy atom. The van der Waals surface area contributed by atoms with E-state index in [0.29, 0.717) is 5.56 Å². The first kappa shape index (κ1) is 22.1. The zero-order valence-electron chi connectivity index (χ0n) is 17.1. The molecule has 1 amide bonds. The molecule has 0 aliphatic rings. The van der Waals surface area contributed by atoms with Crippen LogP contribution in [0.15, 0.2) is 84.0 Å². The molecule has 3 aromatic rings. The second kappa shape index (κ2) is 10.4. The molecule has 0 heterocycles. The van der Waals surface area contributed by atoms with Crippen molar-refractivity contribution in [3.63, 3.8) is 0 Å². The quantitative estimate of drug-likeness (QED) is 0.150. The van der Waals surface area contributed by atoms with Crippen molar-refractivity contribution in [2.24, 2.45) is 5.10 Å². The van der Waals surface area contributed by atoms with E-state index in [1.54, 1.807) is 30.3 Å². The lowest BCUT2D eigenvalue weighted by molar-refractivity contribution is -0.384. The SMILES string of the molecule is Cc1ccc(C(=O)N/N=C/c2cc([N+](=O)[O-])ccc2OC(=O)/C=C/c2ccccc2)cc1. The van der Waals surface area contributed by atoms with Gasteiger partial charge in [-0.05, 0) is 36.8 Å². The molecule has 0 bridgehead atoms. The van der Waals surface area contributed by atoms with Gasteiger partial charge in [0.05, 0.1) is 11.1 Å². The number of nitrogens with one attached hydrogen (secondary N) is 1. The van der Waals surface area contributed by atoms with Crippen LogP contribution in [0.4, 0.5) is 5.69 Å². The second-order valence-electron chi connectivity index (χ2n) is 6.71. The molecule has 1 N–H and O–H groups in total. The van der Waals surface area contributed by atoms with Crippen molar-refractivity contribution in [3.05, 3.63) is 111 Å². The van der Waals surface area contributed by atoms with E-state index in [2.05, 4.69) is 10.5 Å². The molecule has 0 radical (unpaired) electrons. The van der Waals surface area contributed by atoms with Gasteiger partial charge in [-0.15, -0.1) is 0 Å². The van der Waals surface area contributed by atoms with Crippen molar-refractivity contribution >= 4 is 29.9 Å². The average Bonchev–Trinajstić information content (AvgIpc) is 2.79. The minimum atomic E-state index is -0.666. The Labute approximate surface area is 184 Å². The predicted molar refractivity (Wildman–Crippen MR) is 120 cm³/mol. The van der Waals surface area contributed by atoms with Crippen molar-refractivity contribution in [1.29, 1.82) is 0 Å². The number of esters is 1. The zero-order valence-corrected chi connectivity index (χ0v) is 17.1. The Morgan fingerprint density at radius 1 is 1.03 bits per heavy atom. The van der Waals surface area contributed by atoms with Gasteiger partial charge in [-0.2, -0.15) is 5.10 Å². The van der Waals surface area contributed by atoms with Crippen LogP contribution in [0.25, 0.3) is 6.08 Å². The molecule has 0 atom stereocenters. The van der Waals surface area contributed by atoms with Gasteiger partial charge < -0.3 is 4.74 Å². The van der Waals surface area contributed by atoms with Gasteiger partial charge in [0, 0.05) is 29.3 Å². The van der Waals surface area contributed by atoms with Gasteiger partial charge in [-0.25, -0.2) is 10.2 Å². The number of hydrogen-bond acceptors (Lipinski definition) is 6. The van der Waals surface area contributed by atoms with Crippen molar-refractivity contribution < 1.29 is 19.2 Å². The first-order valence-corrected chi connectivity index (χ1v) is 9.56. The maximum Gasteiger partial charge on any atom is 0.336 e. The Balaban J connectivity index is 1.75. The van der Waals surface area contributed by atoms with Gasteiger partial charge in [-0.1, -0.05) is 48.0 Å². The second-order valence-corrected chi connectivity index (χ2v) is 6.71. The number of nitro groups is 1. The van der Waals surface area contributed by atoms with E-state index in [1.165, 1.54) is 30.5 Å². The highest BCUT2D eigenvalue weighted by atomic mass is 16.6. The number of nitrogens with zero attached hydrogens (tertiary/aromatic N) is 2. The van der Waals surface area contributed by atoms with Crippen LogP contribution < -0.4 is 10.2 Å². The van der Waals surface area contributed by atoms with Crippen LogP contribution in [0.3, 0.4) is 0 Å². The molecule has 0 aromatic heterocycles. The van der Waals surface area contributed by atoms with Crippen LogP contribution in [-0.4, -0.2) is 23.0 Å². The largest absolute Gasteiger partial charge is 0.423 e. The van der Waals surface area contributed by atoms with Gasteiger partial charge in [0.15, 0.2) is 0 Å². The third kappa shape index (κ3) is 6.20. The highest BCUT2D eigenvalue weighted by molar-refractivity contribution is 5.95. The normalized spacial score (nSPS) is 10.9. The van der Waals surface area contributed by atoms with E-state index >= 15 is 0 Å². The molecule has 0 aliphatic carbocycles. The van der Waals surface area contributed by atoms with E-state index in [4.69, 9.17) is 4.74 Å². The Bertz CT molecular complexity index is 1190. The van der Waals surface area contributed by atoms with Crippen molar-refractivity contribution in [1.82, 2.24) is 5.43 Å². The number of hydrazone groups is 1. The summed E-state index contributed by atoms with van der Waals surface area (Å²) in [6.07, 6.45) is 4.02. The number of hydrogen-bond donors (Lipinski definition) is 1. The smallest absolute Gasteiger partial charge is 0.336 e. The van der Waals surface area contributed by atoms with Crippen LogP contribution in [0, 0.1) is 17.0 Å². The fourth-order valence-corrected chi connectivity index (χ4v) is 2.64. The molecule has 8 heteroatoms. The van der Waals surface area contributed by atoms with Crippen LogP contribution in [0.2, 0.25) is 0 Å². The van der Waals surface area contributed by atoms with Gasteiger partial charge in [0.25, 0.3) is 11.6 Å². The van der Waals surface area contributed by atoms with Crippen molar-refractivity contribution in [2.45, 2.75) is 6.92 Å². The predicted octanol–water partition coefficient (Wildman–Crippen LogP) is 4.29. The number of ether oxygens (including phenoxy) is 1. The van der Waals surface area contributed by atoms with E-state index < -0.39 is 16.8 Å². The van der Waals surface area contributed by atoms with E-state index in [0.717, 1.165) is 11.1 Å². The number of rotatable bonds is 7. The summed E-state index contributed by atoms with van der Waals surface area (Å²) in [4.78, 5) is 34.9. The Morgan fingerprint density at radius 3 is 2.44 bits per heavy atom.